The van der Waals surface area contributed by atoms with Crippen LogP contribution in [0.15, 0.2) is 72.8 Å². The van der Waals surface area contributed by atoms with Crippen LogP contribution in [0.25, 0.3) is 0 Å². The van der Waals surface area contributed by atoms with Gasteiger partial charge < -0.3 is 28.4 Å². The van der Waals surface area contributed by atoms with Crippen molar-refractivity contribution in [3.63, 3.8) is 0 Å². The fraction of sp³-hybridized carbons (Fsp3) is 0.467. The maximum atomic E-state index is 12.9. The third-order valence-corrected chi connectivity index (χ3v) is 5.91. The van der Waals surface area contributed by atoms with Crippen LogP contribution in [0.1, 0.15) is 38.8 Å². The van der Waals surface area contributed by atoms with Gasteiger partial charge in [-0.1, -0.05) is 66.7 Å². The molecule has 0 bridgehead atoms. The zero-order valence-electron chi connectivity index (χ0n) is 22.7. The molecular weight excluding hydrogens is 488 g/mol. The first-order valence-electron chi connectivity index (χ1n) is 12.7. The van der Waals surface area contributed by atoms with Gasteiger partial charge in [-0.2, -0.15) is 0 Å². The zero-order chi connectivity index (χ0) is 27.5. The number of hydrogen-bond donors (Lipinski definition) is 0. The normalized spacial score (nSPS) is 23.8. The molecule has 8 nitrogen and oxygen atoms in total. The van der Waals surface area contributed by atoms with Crippen molar-refractivity contribution in [3.8, 4) is 0 Å². The topological polar surface area (TPSA) is 89.5 Å². The molecule has 0 amide bonds. The summed E-state index contributed by atoms with van der Waals surface area (Å²) in [5.41, 5.74) is 1.13. The molecule has 5 atom stereocenters. The van der Waals surface area contributed by atoms with E-state index in [1.807, 2.05) is 60.7 Å². The van der Waals surface area contributed by atoms with Gasteiger partial charge in [0.25, 0.3) is 0 Å². The van der Waals surface area contributed by atoms with Crippen molar-refractivity contribution in [2.75, 3.05) is 13.7 Å². The molecule has 3 rings (SSSR count). The van der Waals surface area contributed by atoms with Crippen LogP contribution in [0.3, 0.4) is 0 Å². The number of carbonyl (C=O) groups excluding carboxylic acids is 2. The summed E-state index contributed by atoms with van der Waals surface area (Å²) in [6, 6.07) is 19.3. The van der Waals surface area contributed by atoms with E-state index < -0.39 is 48.1 Å². The molecule has 1 aliphatic rings. The lowest BCUT2D eigenvalue weighted by atomic mass is 9.95. The second-order valence-corrected chi connectivity index (χ2v) is 10.1. The number of hydrogen-bond acceptors (Lipinski definition) is 8. The molecule has 0 radical (unpaired) electrons. The molecule has 0 N–H and O–H groups in total. The van der Waals surface area contributed by atoms with E-state index in [9.17, 15) is 9.59 Å². The van der Waals surface area contributed by atoms with Gasteiger partial charge in [0, 0.05) is 13.2 Å². The van der Waals surface area contributed by atoms with Crippen molar-refractivity contribution < 1.29 is 38.0 Å². The highest BCUT2D eigenvalue weighted by molar-refractivity contribution is 5.82. The number of esters is 2. The highest BCUT2D eigenvalue weighted by atomic mass is 16.7. The fourth-order valence-corrected chi connectivity index (χ4v) is 3.91. The predicted octanol–water partition coefficient (Wildman–Crippen LogP) is 4.61. The molecule has 0 aromatic heterocycles. The molecule has 0 saturated carbocycles. The lowest BCUT2D eigenvalue weighted by Crippen LogP contribution is -2.62. The van der Waals surface area contributed by atoms with Crippen molar-refractivity contribution in [1.82, 2.24) is 0 Å². The van der Waals surface area contributed by atoms with Crippen LogP contribution in [-0.2, 0) is 51.2 Å². The van der Waals surface area contributed by atoms with Gasteiger partial charge in [0.15, 0.2) is 18.5 Å². The van der Waals surface area contributed by atoms with Crippen LogP contribution in [0, 0.1) is 5.41 Å². The Morgan fingerprint density at radius 1 is 0.868 bits per heavy atom. The Morgan fingerprint density at radius 2 is 1.47 bits per heavy atom. The van der Waals surface area contributed by atoms with Crippen molar-refractivity contribution in [2.24, 2.45) is 5.41 Å². The van der Waals surface area contributed by atoms with Gasteiger partial charge in [-0.05, 0) is 38.8 Å². The Labute approximate surface area is 224 Å². The Morgan fingerprint density at radius 3 is 2.03 bits per heavy atom. The Hall–Kier alpha value is -3.04. The van der Waals surface area contributed by atoms with E-state index in [0.717, 1.165) is 11.1 Å². The first kappa shape index (κ1) is 29.5. The molecule has 1 saturated heterocycles. The second-order valence-electron chi connectivity index (χ2n) is 10.1. The average Bonchev–Trinajstić information content (AvgIpc) is 2.90. The highest BCUT2D eigenvalue weighted by Crippen LogP contribution is 2.32. The van der Waals surface area contributed by atoms with Gasteiger partial charge >= 0.3 is 11.9 Å². The van der Waals surface area contributed by atoms with E-state index in [0.29, 0.717) is 6.61 Å². The van der Waals surface area contributed by atoms with Crippen LogP contribution >= 0.6 is 0 Å². The van der Waals surface area contributed by atoms with E-state index in [-0.39, 0.29) is 13.2 Å². The van der Waals surface area contributed by atoms with Crippen molar-refractivity contribution >= 4 is 11.9 Å². The van der Waals surface area contributed by atoms with E-state index in [2.05, 4.69) is 0 Å². The number of ether oxygens (including phenoxy) is 6. The quantitative estimate of drug-likeness (QED) is 0.310. The van der Waals surface area contributed by atoms with Crippen LogP contribution < -0.4 is 0 Å². The first-order valence-corrected chi connectivity index (χ1v) is 12.7. The van der Waals surface area contributed by atoms with Crippen LogP contribution in [0.5, 0.6) is 0 Å². The summed E-state index contributed by atoms with van der Waals surface area (Å²) < 4.78 is 35.8. The Bertz CT molecular complexity index is 1030. The molecule has 38 heavy (non-hydrogen) atoms. The van der Waals surface area contributed by atoms with E-state index in [1.165, 1.54) is 13.2 Å². The monoisotopic (exact) mass is 526 g/mol. The van der Waals surface area contributed by atoms with Crippen LogP contribution in [0.2, 0.25) is 0 Å². The van der Waals surface area contributed by atoms with Gasteiger partial charge in [-0.3, -0.25) is 4.79 Å². The van der Waals surface area contributed by atoms with Crippen LogP contribution in [-0.4, -0.2) is 56.4 Å². The summed E-state index contributed by atoms with van der Waals surface area (Å²) in [5, 5.41) is 0. The van der Waals surface area contributed by atoms with Crippen molar-refractivity contribution in [3.05, 3.63) is 83.9 Å². The standard InChI is InChI=1S/C30H38O8/c1-6-13-24(31)37-26-25(35-19-22-16-11-8-12-17-22)23(20-34-18-21-14-9-7-10-15-21)36-28(33-5)27(26)38-29(32)30(2,3)4/h6-17,23,25-28H,18-20H2,1-5H3/b13-6+/t23-,25+,26+,27-,28+/m1/s1. The fourth-order valence-electron chi connectivity index (χ4n) is 3.91. The molecule has 206 valence electrons. The zero-order valence-corrected chi connectivity index (χ0v) is 22.7. The molecule has 0 unspecified atom stereocenters. The first-order chi connectivity index (χ1) is 18.2. The van der Waals surface area contributed by atoms with Gasteiger partial charge in [0.1, 0.15) is 12.2 Å². The third kappa shape index (κ3) is 8.49. The predicted molar refractivity (Wildman–Crippen MR) is 141 cm³/mol. The summed E-state index contributed by atoms with van der Waals surface area (Å²) in [6.45, 7) is 7.64. The molecule has 1 aliphatic heterocycles. The summed E-state index contributed by atoms with van der Waals surface area (Å²) in [5.74, 6) is -1.08. The molecule has 2 aromatic carbocycles. The SMILES string of the molecule is C/C=C/C(=O)O[C@H]1[C@@H](OCc2ccccc2)[C@@H](COCc2ccccc2)O[C@H](OC)[C@@H]1OC(=O)C(C)(C)C. The molecule has 1 fully saturated rings. The smallest absolute Gasteiger partial charge is 0.330 e. The molecule has 0 spiro atoms. The lowest BCUT2D eigenvalue weighted by molar-refractivity contribution is -0.310. The number of rotatable bonds is 11. The molecule has 2 aromatic rings. The average molecular weight is 527 g/mol. The molecule has 0 aliphatic carbocycles. The number of benzene rings is 2. The van der Waals surface area contributed by atoms with Gasteiger partial charge in [-0.15, -0.1) is 0 Å². The minimum atomic E-state index is -1.06. The summed E-state index contributed by atoms with van der Waals surface area (Å²) in [4.78, 5) is 25.5. The largest absolute Gasteiger partial charge is 0.452 e. The minimum Gasteiger partial charge on any atom is -0.452 e. The molecular formula is C30H38O8. The maximum Gasteiger partial charge on any atom is 0.330 e. The van der Waals surface area contributed by atoms with E-state index >= 15 is 0 Å². The minimum absolute atomic E-state index is 0.131. The lowest BCUT2D eigenvalue weighted by Gasteiger charge is -2.45. The Balaban J connectivity index is 1.90. The summed E-state index contributed by atoms with van der Waals surface area (Å²) >= 11 is 0. The maximum absolute atomic E-state index is 12.9. The van der Waals surface area contributed by atoms with Crippen molar-refractivity contribution in [2.45, 2.75) is 71.6 Å². The molecule has 8 heteroatoms. The molecule has 1 heterocycles. The second kappa shape index (κ2) is 14.2. The van der Waals surface area contributed by atoms with E-state index in [4.69, 9.17) is 28.4 Å². The van der Waals surface area contributed by atoms with Gasteiger partial charge in [0.05, 0.1) is 25.2 Å². The number of carbonyl (C=O) groups is 2. The summed E-state index contributed by atoms with van der Waals surface area (Å²) in [7, 11) is 1.44. The summed E-state index contributed by atoms with van der Waals surface area (Å²) in [6.07, 6.45) is -1.71. The Kier molecular flexibility index (Phi) is 11.0. The van der Waals surface area contributed by atoms with Crippen LogP contribution in [0.4, 0.5) is 0 Å². The van der Waals surface area contributed by atoms with E-state index in [1.54, 1.807) is 33.8 Å². The third-order valence-electron chi connectivity index (χ3n) is 5.91. The van der Waals surface area contributed by atoms with Gasteiger partial charge in [0.2, 0.25) is 0 Å². The number of allylic oxidation sites excluding steroid dienone is 1. The highest BCUT2D eigenvalue weighted by Gasteiger charge is 2.52. The van der Waals surface area contributed by atoms with Crippen molar-refractivity contribution in [1.29, 1.82) is 0 Å². The number of methoxy groups -OCH3 is 1. The van der Waals surface area contributed by atoms with Gasteiger partial charge in [-0.25, -0.2) is 4.79 Å².